The minimum Gasteiger partial charge on any atom is -1.00 e. The predicted molar refractivity (Wildman–Crippen MR) is 86.5 cm³/mol. The highest BCUT2D eigenvalue weighted by Crippen LogP contribution is 2.21. The molecule has 0 fully saturated rings. The van der Waals surface area contributed by atoms with Gasteiger partial charge in [-0.05, 0) is 18.2 Å². The van der Waals surface area contributed by atoms with Gasteiger partial charge in [-0.25, -0.2) is 9.36 Å². The maximum atomic E-state index is 12.0. The fourth-order valence-corrected chi connectivity index (χ4v) is 2.52. The highest BCUT2D eigenvalue weighted by atomic mass is 127. The van der Waals surface area contributed by atoms with Crippen LogP contribution in [0.2, 0.25) is 0 Å². The Balaban J connectivity index is 0.00000225. The molecule has 0 aliphatic carbocycles. The fourth-order valence-electron chi connectivity index (χ4n) is 2.52. The number of ether oxygens (including phenoxy) is 1. The smallest absolute Gasteiger partial charge is 0.344 e. The third-order valence-electron chi connectivity index (χ3n) is 3.71. The number of benzene rings is 1. The van der Waals surface area contributed by atoms with E-state index in [1.807, 2.05) is 24.0 Å². The molecule has 0 spiro atoms. The van der Waals surface area contributed by atoms with E-state index in [1.165, 1.54) is 12.1 Å². The molecule has 0 amide bonds. The van der Waals surface area contributed by atoms with E-state index in [0.717, 1.165) is 10.9 Å². The van der Waals surface area contributed by atoms with Gasteiger partial charge in [0.15, 0.2) is 12.4 Å². The average Bonchev–Trinajstić information content (AvgIpc) is 2.97. The Labute approximate surface area is 161 Å². The second-order valence-corrected chi connectivity index (χ2v) is 5.40. The van der Waals surface area contributed by atoms with Crippen LogP contribution in [0.5, 0.6) is 0 Å². The van der Waals surface area contributed by atoms with Gasteiger partial charge < -0.3 is 33.3 Å². The van der Waals surface area contributed by atoms with Crippen LogP contribution in [-0.2, 0) is 18.3 Å². The molecule has 3 rings (SSSR count). The lowest BCUT2D eigenvalue weighted by Crippen LogP contribution is -3.00. The molecule has 130 valence electrons. The van der Waals surface area contributed by atoms with Gasteiger partial charge in [0.05, 0.1) is 11.5 Å². The summed E-state index contributed by atoms with van der Waals surface area (Å²) < 4.78 is 8.97. The first-order valence-electron chi connectivity index (χ1n) is 7.40. The Hall–Kier alpha value is -2.49. The van der Waals surface area contributed by atoms with Crippen molar-refractivity contribution in [2.24, 2.45) is 7.05 Å². The van der Waals surface area contributed by atoms with Crippen molar-refractivity contribution < 1.29 is 43.0 Å². The fraction of sp³-hybridized carbons (Fsp3) is 0.176. The van der Waals surface area contributed by atoms with Gasteiger partial charge in [0.25, 0.3) is 5.69 Å². The van der Waals surface area contributed by atoms with Crippen LogP contribution in [0.15, 0.2) is 55.0 Å². The molecule has 0 saturated heterocycles. The molecule has 3 aromatic rings. The summed E-state index contributed by atoms with van der Waals surface area (Å²) in [5.74, 6) is -0.377. The monoisotopic (exact) mass is 453 g/mol. The summed E-state index contributed by atoms with van der Waals surface area (Å²) in [4.78, 5) is 22.4. The lowest BCUT2D eigenvalue weighted by Gasteiger charge is -2.07. The van der Waals surface area contributed by atoms with Crippen molar-refractivity contribution in [3.63, 3.8) is 0 Å². The number of pyridine rings is 1. The number of halogens is 1. The molecule has 0 aliphatic heterocycles. The minimum atomic E-state index is -0.418. The van der Waals surface area contributed by atoms with Crippen molar-refractivity contribution in [3.05, 3.63) is 70.7 Å². The SMILES string of the molecule is C[n+]1cccc(C(=O)OCCn2ccc3cc([N+](=O)[O-])ccc32)c1.[I-]. The summed E-state index contributed by atoms with van der Waals surface area (Å²) in [7, 11) is 1.84. The van der Waals surface area contributed by atoms with Crippen LogP contribution in [0.25, 0.3) is 10.9 Å². The number of non-ortho nitro benzene ring substituents is 1. The lowest BCUT2D eigenvalue weighted by molar-refractivity contribution is -0.671. The maximum Gasteiger partial charge on any atom is 0.344 e. The van der Waals surface area contributed by atoms with Crippen LogP contribution in [-0.4, -0.2) is 22.1 Å². The zero-order chi connectivity index (χ0) is 17.1. The number of carbonyl (C=O) groups is 1. The average molecular weight is 453 g/mol. The topological polar surface area (TPSA) is 78.2 Å². The number of nitrogens with zero attached hydrogens (tertiary/aromatic N) is 3. The third-order valence-corrected chi connectivity index (χ3v) is 3.71. The first-order chi connectivity index (χ1) is 11.5. The minimum absolute atomic E-state index is 0. The van der Waals surface area contributed by atoms with Gasteiger partial charge in [-0.15, -0.1) is 0 Å². The number of nitro benzene ring substituents is 1. The van der Waals surface area contributed by atoms with Crippen LogP contribution >= 0.6 is 0 Å². The highest BCUT2D eigenvalue weighted by Gasteiger charge is 2.12. The molecule has 8 heteroatoms. The van der Waals surface area contributed by atoms with E-state index in [0.29, 0.717) is 12.1 Å². The molecule has 0 aliphatic rings. The Bertz CT molecular complexity index is 923. The predicted octanol–water partition coefficient (Wildman–Crippen LogP) is -0.765. The van der Waals surface area contributed by atoms with E-state index in [-0.39, 0.29) is 42.2 Å². The molecule has 1 aromatic carbocycles. The Morgan fingerprint density at radius 3 is 2.84 bits per heavy atom. The molecule has 0 N–H and O–H groups in total. The summed E-state index contributed by atoms with van der Waals surface area (Å²) in [5, 5.41) is 11.6. The van der Waals surface area contributed by atoms with Crippen LogP contribution < -0.4 is 28.5 Å². The van der Waals surface area contributed by atoms with Gasteiger partial charge in [-0.1, -0.05) is 0 Å². The first-order valence-corrected chi connectivity index (χ1v) is 7.40. The number of esters is 1. The number of nitro groups is 1. The Kier molecular flexibility index (Phi) is 6.07. The summed E-state index contributed by atoms with van der Waals surface area (Å²) in [6.07, 6.45) is 5.36. The van der Waals surface area contributed by atoms with Gasteiger partial charge >= 0.3 is 5.97 Å². The molecule has 0 radical (unpaired) electrons. The van der Waals surface area contributed by atoms with Crippen molar-refractivity contribution in [2.45, 2.75) is 6.54 Å². The van der Waals surface area contributed by atoms with Gasteiger partial charge in [0.1, 0.15) is 19.2 Å². The Morgan fingerprint density at radius 1 is 1.32 bits per heavy atom. The van der Waals surface area contributed by atoms with E-state index in [2.05, 4.69) is 0 Å². The quantitative estimate of drug-likeness (QED) is 0.167. The molecule has 25 heavy (non-hydrogen) atoms. The molecule has 2 aromatic heterocycles. The molecule has 2 heterocycles. The van der Waals surface area contributed by atoms with E-state index in [1.54, 1.807) is 35.0 Å². The van der Waals surface area contributed by atoms with Gasteiger partial charge in [0.2, 0.25) is 0 Å². The zero-order valence-corrected chi connectivity index (χ0v) is 15.6. The van der Waals surface area contributed by atoms with E-state index in [9.17, 15) is 14.9 Å². The number of aromatic nitrogens is 2. The number of rotatable bonds is 5. The molecule has 0 bridgehead atoms. The first kappa shape index (κ1) is 18.8. The van der Waals surface area contributed by atoms with Crippen molar-refractivity contribution in [1.29, 1.82) is 0 Å². The number of hydrogen-bond acceptors (Lipinski definition) is 4. The number of aryl methyl sites for hydroxylation is 1. The molecular formula is C17H16IN3O4. The second-order valence-electron chi connectivity index (χ2n) is 5.40. The third kappa shape index (κ3) is 4.32. The lowest BCUT2D eigenvalue weighted by atomic mass is 10.2. The zero-order valence-electron chi connectivity index (χ0n) is 13.5. The van der Waals surface area contributed by atoms with Gasteiger partial charge in [-0.2, -0.15) is 0 Å². The van der Waals surface area contributed by atoms with Gasteiger partial charge in [-0.3, -0.25) is 10.1 Å². The van der Waals surface area contributed by atoms with Crippen LogP contribution in [0.3, 0.4) is 0 Å². The summed E-state index contributed by atoms with van der Waals surface area (Å²) >= 11 is 0. The normalized spacial score (nSPS) is 10.3. The van der Waals surface area contributed by atoms with Crippen molar-refractivity contribution in [1.82, 2.24) is 4.57 Å². The Morgan fingerprint density at radius 2 is 2.12 bits per heavy atom. The summed E-state index contributed by atoms with van der Waals surface area (Å²) in [6, 6.07) is 9.99. The highest BCUT2D eigenvalue weighted by molar-refractivity contribution is 5.88. The molecule has 0 saturated carbocycles. The van der Waals surface area contributed by atoms with Crippen molar-refractivity contribution in [3.8, 4) is 0 Å². The van der Waals surface area contributed by atoms with Gasteiger partial charge in [0, 0.05) is 35.3 Å². The maximum absolute atomic E-state index is 12.0. The summed E-state index contributed by atoms with van der Waals surface area (Å²) in [6.45, 7) is 0.699. The van der Waals surface area contributed by atoms with E-state index < -0.39 is 4.92 Å². The number of fused-ring (bicyclic) bond motifs is 1. The van der Waals surface area contributed by atoms with Crippen molar-refractivity contribution in [2.75, 3.05) is 6.61 Å². The summed E-state index contributed by atoms with van der Waals surface area (Å²) in [5.41, 5.74) is 1.42. The number of hydrogen-bond donors (Lipinski definition) is 0. The van der Waals surface area contributed by atoms with E-state index in [4.69, 9.17) is 4.74 Å². The van der Waals surface area contributed by atoms with Crippen LogP contribution in [0.4, 0.5) is 5.69 Å². The molecule has 7 nitrogen and oxygen atoms in total. The van der Waals surface area contributed by atoms with Crippen molar-refractivity contribution >= 4 is 22.6 Å². The molecular weight excluding hydrogens is 437 g/mol. The van der Waals surface area contributed by atoms with E-state index >= 15 is 0 Å². The largest absolute Gasteiger partial charge is 1.00 e. The van der Waals surface area contributed by atoms with Crippen LogP contribution in [0, 0.1) is 10.1 Å². The standard InChI is InChI=1S/C17H16N3O4.HI/c1-18-7-2-3-14(12-18)17(21)24-10-9-19-8-6-13-11-15(20(22)23)4-5-16(13)19;/h2-8,11-12H,9-10H2,1H3;1H/q+1;/p-1. The second kappa shape index (κ2) is 8.06. The van der Waals surface area contributed by atoms with Crippen LogP contribution in [0.1, 0.15) is 10.4 Å². The molecule has 0 unspecified atom stereocenters. The molecule has 0 atom stereocenters. The number of carbonyl (C=O) groups excluding carboxylic acids is 1.